The van der Waals surface area contributed by atoms with E-state index in [1.165, 1.54) is 4.90 Å². The summed E-state index contributed by atoms with van der Waals surface area (Å²) in [4.78, 5) is 30.1. The summed E-state index contributed by atoms with van der Waals surface area (Å²) in [5.41, 5.74) is 2.77. The lowest BCUT2D eigenvalue weighted by atomic mass is 10.1. The maximum Gasteiger partial charge on any atom is 0.267 e. The van der Waals surface area contributed by atoms with Crippen LogP contribution in [-0.4, -0.2) is 47.0 Å². The molecule has 3 aliphatic rings. The van der Waals surface area contributed by atoms with Crippen molar-refractivity contribution in [2.75, 3.05) is 16.4 Å². The van der Waals surface area contributed by atoms with Crippen LogP contribution in [0.3, 0.4) is 0 Å². The first kappa shape index (κ1) is 20.4. The monoisotopic (exact) mass is 470 g/mol. The highest BCUT2D eigenvalue weighted by molar-refractivity contribution is 8.26. The van der Waals surface area contributed by atoms with Crippen LogP contribution in [0.2, 0.25) is 0 Å². The lowest BCUT2D eigenvalue weighted by Crippen LogP contribution is -2.39. The zero-order valence-corrected chi connectivity index (χ0v) is 18.8. The van der Waals surface area contributed by atoms with Crippen LogP contribution in [0.4, 0.5) is 5.69 Å². The molecule has 158 valence electrons. The Morgan fingerprint density at radius 3 is 2.42 bits per heavy atom. The minimum atomic E-state index is -3.17. The van der Waals surface area contributed by atoms with Gasteiger partial charge in [-0.05, 0) is 18.1 Å². The van der Waals surface area contributed by atoms with Crippen molar-refractivity contribution >= 4 is 61.2 Å². The third-order valence-electron chi connectivity index (χ3n) is 5.71. The molecular formula is C22H18N2O4S3. The zero-order valence-electron chi connectivity index (χ0n) is 16.4. The van der Waals surface area contributed by atoms with Crippen LogP contribution in [-0.2, 0) is 26.0 Å². The molecule has 0 aromatic heterocycles. The summed E-state index contributed by atoms with van der Waals surface area (Å²) < 4.78 is 24.1. The highest BCUT2D eigenvalue weighted by Crippen LogP contribution is 2.46. The van der Waals surface area contributed by atoms with Gasteiger partial charge in [-0.15, -0.1) is 0 Å². The number of carbonyl (C=O) groups is 2. The Hall–Kier alpha value is -2.49. The van der Waals surface area contributed by atoms with E-state index in [0.717, 1.165) is 23.0 Å². The van der Waals surface area contributed by atoms with Gasteiger partial charge in [-0.3, -0.25) is 14.5 Å². The maximum absolute atomic E-state index is 13.5. The Labute approximate surface area is 189 Å². The summed E-state index contributed by atoms with van der Waals surface area (Å²) in [6.45, 7) is 0.390. The highest BCUT2D eigenvalue weighted by atomic mass is 32.2. The molecule has 2 saturated heterocycles. The Balaban J connectivity index is 1.54. The quantitative estimate of drug-likeness (QED) is 0.507. The SMILES string of the molecule is O=C1C(=C2SC(=S)N(C3CCS(=O)(=O)C3)C2=O)c2ccccc2N1Cc1ccccc1. The van der Waals surface area contributed by atoms with E-state index in [-0.39, 0.29) is 28.2 Å². The van der Waals surface area contributed by atoms with Gasteiger partial charge in [0.15, 0.2) is 9.84 Å². The lowest BCUT2D eigenvalue weighted by Gasteiger charge is -2.21. The predicted octanol–water partition coefficient (Wildman–Crippen LogP) is 2.99. The lowest BCUT2D eigenvalue weighted by molar-refractivity contribution is -0.123. The minimum Gasteiger partial charge on any atom is -0.303 e. The van der Waals surface area contributed by atoms with E-state index in [9.17, 15) is 18.0 Å². The zero-order chi connectivity index (χ0) is 21.8. The molecule has 3 heterocycles. The topological polar surface area (TPSA) is 74.8 Å². The summed E-state index contributed by atoms with van der Waals surface area (Å²) in [5, 5.41) is 0. The van der Waals surface area contributed by atoms with Gasteiger partial charge in [-0.25, -0.2) is 8.42 Å². The van der Waals surface area contributed by atoms with Gasteiger partial charge in [0.05, 0.1) is 40.3 Å². The van der Waals surface area contributed by atoms with Gasteiger partial charge >= 0.3 is 0 Å². The molecule has 9 heteroatoms. The Morgan fingerprint density at radius 2 is 1.71 bits per heavy atom. The minimum absolute atomic E-state index is 0.0489. The molecule has 1 atom stereocenters. The molecule has 2 amide bonds. The summed E-state index contributed by atoms with van der Waals surface area (Å²) >= 11 is 6.51. The first-order chi connectivity index (χ1) is 14.9. The standard InChI is InChI=1S/C22H18N2O4S3/c25-20-18(19-21(26)24(22(29)30-19)15-10-11-31(27,28)13-15)16-8-4-5-9-17(16)23(20)12-14-6-2-1-3-7-14/h1-9,15H,10-13H2. The van der Waals surface area contributed by atoms with Gasteiger partial charge < -0.3 is 4.90 Å². The molecule has 0 spiro atoms. The van der Waals surface area contributed by atoms with Crippen LogP contribution in [0, 0.1) is 0 Å². The van der Waals surface area contributed by atoms with Gasteiger partial charge in [0.1, 0.15) is 4.32 Å². The maximum atomic E-state index is 13.5. The summed E-state index contributed by atoms with van der Waals surface area (Å²) in [6, 6.07) is 16.6. The molecular weight excluding hydrogens is 452 g/mol. The number of carbonyl (C=O) groups excluding carboxylic acids is 2. The number of thiocarbonyl (C=S) groups is 1. The molecule has 0 N–H and O–H groups in total. The second kappa shape index (κ2) is 7.58. The smallest absolute Gasteiger partial charge is 0.267 e. The van der Waals surface area contributed by atoms with Crippen LogP contribution in [0.15, 0.2) is 59.5 Å². The van der Waals surface area contributed by atoms with E-state index in [4.69, 9.17) is 12.2 Å². The van der Waals surface area contributed by atoms with Crippen LogP contribution in [0.25, 0.3) is 5.57 Å². The number of hydrogen-bond acceptors (Lipinski definition) is 6. The van der Waals surface area contributed by atoms with Crippen molar-refractivity contribution in [2.45, 2.75) is 19.0 Å². The third-order valence-corrected chi connectivity index (χ3v) is 8.86. The normalized spacial score (nSPS) is 24.9. The molecule has 0 saturated carbocycles. The largest absolute Gasteiger partial charge is 0.303 e. The highest BCUT2D eigenvalue weighted by Gasteiger charge is 2.46. The van der Waals surface area contributed by atoms with Crippen LogP contribution >= 0.6 is 24.0 Å². The fraction of sp³-hybridized carbons (Fsp3) is 0.227. The number of hydrogen-bond donors (Lipinski definition) is 0. The summed E-state index contributed by atoms with van der Waals surface area (Å²) in [5.74, 6) is -0.665. The van der Waals surface area contributed by atoms with Gasteiger partial charge in [0, 0.05) is 5.56 Å². The fourth-order valence-electron chi connectivity index (χ4n) is 4.25. The third kappa shape index (κ3) is 3.50. The van der Waals surface area contributed by atoms with Crippen molar-refractivity contribution in [1.82, 2.24) is 4.90 Å². The van der Waals surface area contributed by atoms with Gasteiger partial charge in [-0.1, -0.05) is 72.5 Å². The number of rotatable bonds is 3. The summed E-state index contributed by atoms with van der Waals surface area (Å²) in [7, 11) is -3.17. The van der Waals surface area contributed by atoms with Crippen molar-refractivity contribution in [1.29, 1.82) is 0 Å². The molecule has 2 fully saturated rings. The second-order valence-corrected chi connectivity index (χ2v) is 11.6. The van der Waals surface area contributed by atoms with Crippen molar-refractivity contribution in [2.24, 2.45) is 0 Å². The van der Waals surface area contributed by atoms with Gasteiger partial charge in [-0.2, -0.15) is 0 Å². The van der Waals surface area contributed by atoms with Gasteiger partial charge in [0.25, 0.3) is 11.8 Å². The van der Waals surface area contributed by atoms with Crippen LogP contribution in [0.1, 0.15) is 17.5 Å². The summed E-state index contributed by atoms with van der Waals surface area (Å²) in [6.07, 6.45) is 0.363. The molecule has 0 bridgehead atoms. The van der Waals surface area contributed by atoms with E-state index in [0.29, 0.717) is 28.4 Å². The molecule has 0 radical (unpaired) electrons. The van der Waals surface area contributed by atoms with Crippen molar-refractivity contribution in [3.05, 3.63) is 70.6 Å². The first-order valence-corrected chi connectivity index (χ1v) is 12.9. The van der Waals surface area contributed by atoms with E-state index in [1.54, 1.807) is 4.90 Å². The second-order valence-electron chi connectivity index (χ2n) is 7.70. The van der Waals surface area contributed by atoms with E-state index in [2.05, 4.69) is 0 Å². The van der Waals surface area contributed by atoms with E-state index >= 15 is 0 Å². The van der Waals surface area contributed by atoms with Crippen LogP contribution in [0.5, 0.6) is 0 Å². The Morgan fingerprint density at radius 1 is 1.00 bits per heavy atom. The number of fused-ring (bicyclic) bond motifs is 1. The average Bonchev–Trinajstić information content (AvgIpc) is 3.34. The Kier molecular flexibility index (Phi) is 4.99. The van der Waals surface area contributed by atoms with Crippen LogP contribution < -0.4 is 4.90 Å². The fourth-order valence-corrected chi connectivity index (χ4v) is 7.42. The predicted molar refractivity (Wildman–Crippen MR) is 125 cm³/mol. The number of para-hydroxylation sites is 1. The number of anilines is 1. The van der Waals surface area contributed by atoms with E-state index in [1.807, 2.05) is 54.6 Å². The number of amides is 2. The molecule has 5 rings (SSSR count). The average molecular weight is 471 g/mol. The van der Waals surface area contributed by atoms with Gasteiger partial charge in [0.2, 0.25) is 0 Å². The number of thioether (sulfide) groups is 1. The molecule has 3 aliphatic heterocycles. The molecule has 1 unspecified atom stereocenters. The number of sulfone groups is 1. The number of nitrogens with zero attached hydrogens (tertiary/aromatic N) is 2. The first-order valence-electron chi connectivity index (χ1n) is 9.81. The Bertz CT molecular complexity index is 1250. The molecule has 0 aliphatic carbocycles. The van der Waals surface area contributed by atoms with Crippen molar-refractivity contribution in [3.63, 3.8) is 0 Å². The molecule has 2 aromatic carbocycles. The van der Waals surface area contributed by atoms with Crippen molar-refractivity contribution in [3.8, 4) is 0 Å². The number of benzene rings is 2. The molecule has 6 nitrogen and oxygen atoms in total. The molecule has 2 aromatic rings. The van der Waals surface area contributed by atoms with Crippen molar-refractivity contribution < 1.29 is 18.0 Å². The van der Waals surface area contributed by atoms with E-state index < -0.39 is 15.9 Å². The molecule has 31 heavy (non-hydrogen) atoms.